The number of amides is 1. The molecule has 0 aromatic carbocycles. The number of hydrogen-bond donors (Lipinski definition) is 0. The topological polar surface area (TPSA) is 73.1 Å². The van der Waals surface area contributed by atoms with E-state index in [1.54, 1.807) is 35.6 Å². The number of rotatable bonds is 6. The minimum Gasteiger partial charge on any atom is -0.371 e. The molecule has 1 amide bonds. The van der Waals surface area contributed by atoms with E-state index in [0.29, 0.717) is 30.4 Å². The van der Waals surface area contributed by atoms with Crippen molar-refractivity contribution in [2.24, 2.45) is 5.92 Å². The van der Waals surface area contributed by atoms with Crippen LogP contribution in [0.1, 0.15) is 49.4 Å². The zero-order valence-corrected chi connectivity index (χ0v) is 15.1. The molecule has 0 unspecified atom stereocenters. The van der Waals surface area contributed by atoms with Gasteiger partial charge in [0.1, 0.15) is 18.5 Å². The third-order valence-electron chi connectivity index (χ3n) is 5.18. The van der Waals surface area contributed by atoms with Gasteiger partial charge in [0, 0.05) is 24.8 Å². The average molecular weight is 355 g/mol. The third kappa shape index (κ3) is 3.77. The number of hydrogen-bond acceptors (Lipinski definition) is 5. The van der Waals surface area contributed by atoms with Gasteiger partial charge in [-0.25, -0.2) is 4.98 Å². The Balaban J connectivity index is 1.51. The largest absolute Gasteiger partial charge is 0.371 e. The normalized spacial score (nSPS) is 23.2. The molecule has 1 saturated carbocycles. The number of morpholine rings is 1. The van der Waals surface area contributed by atoms with Crippen LogP contribution in [0.4, 0.5) is 0 Å². The molecular formula is C19H25N5O2. The van der Waals surface area contributed by atoms with Crippen LogP contribution in [0.25, 0.3) is 5.82 Å². The smallest absolute Gasteiger partial charge is 0.254 e. The number of ether oxygens (including phenoxy) is 1. The van der Waals surface area contributed by atoms with Gasteiger partial charge < -0.3 is 9.64 Å². The predicted octanol–water partition coefficient (Wildman–Crippen LogP) is 2.47. The summed E-state index contributed by atoms with van der Waals surface area (Å²) in [4.78, 5) is 19.4. The fourth-order valence-corrected chi connectivity index (χ4v) is 3.55. The van der Waals surface area contributed by atoms with Gasteiger partial charge in [-0.05, 0) is 37.3 Å². The van der Waals surface area contributed by atoms with Crippen LogP contribution in [0.5, 0.6) is 0 Å². The maximum Gasteiger partial charge on any atom is 0.254 e. The summed E-state index contributed by atoms with van der Waals surface area (Å²) in [5.74, 6) is 1.33. The number of nitrogens with zero attached hydrogens (tertiary/aromatic N) is 5. The first kappa shape index (κ1) is 17.1. The fourth-order valence-electron chi connectivity index (χ4n) is 3.55. The van der Waals surface area contributed by atoms with Gasteiger partial charge in [-0.1, -0.05) is 19.8 Å². The van der Waals surface area contributed by atoms with Crippen LogP contribution >= 0.6 is 0 Å². The molecule has 26 heavy (non-hydrogen) atoms. The number of aromatic nitrogens is 4. The zero-order valence-electron chi connectivity index (χ0n) is 15.1. The summed E-state index contributed by atoms with van der Waals surface area (Å²) in [6.45, 7) is 3.55. The van der Waals surface area contributed by atoms with Gasteiger partial charge in [0.15, 0.2) is 0 Å². The Labute approximate surface area is 153 Å². The van der Waals surface area contributed by atoms with Gasteiger partial charge in [0.2, 0.25) is 0 Å². The highest BCUT2D eigenvalue weighted by Crippen LogP contribution is 2.37. The highest BCUT2D eigenvalue weighted by Gasteiger charge is 2.39. The maximum atomic E-state index is 13.1. The van der Waals surface area contributed by atoms with Crippen molar-refractivity contribution in [2.75, 3.05) is 13.1 Å². The van der Waals surface area contributed by atoms with Crippen LogP contribution < -0.4 is 0 Å². The first-order valence-electron chi connectivity index (χ1n) is 9.50. The molecule has 0 N–H and O–H groups in total. The molecule has 0 radical (unpaired) electrons. The first-order chi connectivity index (χ1) is 12.7. The summed E-state index contributed by atoms with van der Waals surface area (Å²) in [6.07, 6.45) is 10.9. The number of unbranched alkanes of at least 4 members (excludes halogenated alkanes) is 1. The van der Waals surface area contributed by atoms with Gasteiger partial charge in [-0.15, -0.1) is 10.2 Å². The van der Waals surface area contributed by atoms with E-state index in [2.05, 4.69) is 22.1 Å². The molecule has 7 nitrogen and oxygen atoms in total. The second-order valence-electron chi connectivity index (χ2n) is 7.26. The summed E-state index contributed by atoms with van der Waals surface area (Å²) in [5, 5.41) is 7.60. The van der Waals surface area contributed by atoms with E-state index in [9.17, 15) is 4.79 Å². The van der Waals surface area contributed by atoms with E-state index in [0.717, 1.165) is 19.3 Å². The fraction of sp³-hybridized carbons (Fsp3) is 0.579. The lowest BCUT2D eigenvalue weighted by Crippen LogP contribution is -2.50. The molecule has 1 aliphatic carbocycles. The standard InChI is InChI=1S/C19H25N5O2/c1-2-3-4-16-10-23(11-17(26-16)14-5-6-14)19(25)15-7-8-20-18(9-15)24-12-21-22-13-24/h7-9,12-14,16-17H,2-6,10-11H2,1H3/t16-,17-/m1/s1. The summed E-state index contributed by atoms with van der Waals surface area (Å²) in [7, 11) is 0. The number of carbonyl (C=O) groups is 1. The van der Waals surface area contributed by atoms with Crippen LogP contribution in [-0.2, 0) is 4.74 Å². The second-order valence-corrected chi connectivity index (χ2v) is 7.26. The predicted molar refractivity (Wildman–Crippen MR) is 96.0 cm³/mol. The minimum atomic E-state index is 0.0529. The number of carbonyl (C=O) groups excluding carboxylic acids is 1. The maximum absolute atomic E-state index is 13.1. The van der Waals surface area contributed by atoms with Crippen molar-refractivity contribution in [3.05, 3.63) is 36.5 Å². The Bertz CT molecular complexity index is 744. The molecular weight excluding hydrogens is 330 g/mol. The van der Waals surface area contributed by atoms with Crippen LogP contribution in [-0.4, -0.2) is 55.9 Å². The lowest BCUT2D eigenvalue weighted by molar-refractivity contribution is -0.0874. The zero-order chi connectivity index (χ0) is 17.9. The minimum absolute atomic E-state index is 0.0529. The van der Waals surface area contributed by atoms with Crippen molar-refractivity contribution in [3.63, 3.8) is 0 Å². The average Bonchev–Trinajstić information content (AvgIpc) is 3.40. The van der Waals surface area contributed by atoms with Gasteiger partial charge >= 0.3 is 0 Å². The molecule has 1 saturated heterocycles. The molecule has 138 valence electrons. The van der Waals surface area contributed by atoms with Crippen LogP contribution in [0.3, 0.4) is 0 Å². The summed E-state index contributed by atoms with van der Waals surface area (Å²) >= 11 is 0. The van der Waals surface area contributed by atoms with Crippen LogP contribution in [0, 0.1) is 5.92 Å². The monoisotopic (exact) mass is 355 g/mol. The highest BCUT2D eigenvalue weighted by molar-refractivity contribution is 5.94. The van der Waals surface area contributed by atoms with Crippen molar-refractivity contribution < 1.29 is 9.53 Å². The Hall–Kier alpha value is -2.28. The second kappa shape index (κ2) is 7.53. The Kier molecular flexibility index (Phi) is 4.97. The lowest BCUT2D eigenvalue weighted by atomic mass is 10.1. The van der Waals surface area contributed by atoms with E-state index in [1.807, 2.05) is 4.90 Å². The molecule has 2 atom stereocenters. The molecule has 0 bridgehead atoms. The Morgan fingerprint density at radius 1 is 1.27 bits per heavy atom. The van der Waals surface area contributed by atoms with Crippen molar-refractivity contribution >= 4 is 5.91 Å². The van der Waals surface area contributed by atoms with Gasteiger partial charge in [0.25, 0.3) is 5.91 Å². The van der Waals surface area contributed by atoms with Crippen LogP contribution in [0.15, 0.2) is 31.0 Å². The Morgan fingerprint density at radius 3 is 2.81 bits per heavy atom. The van der Waals surface area contributed by atoms with Gasteiger partial charge in [0.05, 0.1) is 12.2 Å². The van der Waals surface area contributed by atoms with Crippen molar-refractivity contribution in [3.8, 4) is 5.82 Å². The summed E-state index contributed by atoms with van der Waals surface area (Å²) in [5.41, 5.74) is 0.648. The first-order valence-corrected chi connectivity index (χ1v) is 9.50. The van der Waals surface area contributed by atoms with Gasteiger partial charge in [-0.2, -0.15) is 0 Å². The summed E-state index contributed by atoms with van der Waals surface area (Å²) in [6, 6.07) is 3.58. The van der Waals surface area contributed by atoms with E-state index in [-0.39, 0.29) is 18.1 Å². The molecule has 2 fully saturated rings. The van der Waals surface area contributed by atoms with E-state index in [1.165, 1.54) is 12.8 Å². The molecule has 2 aromatic rings. The molecule has 3 heterocycles. The molecule has 2 aliphatic rings. The van der Waals surface area contributed by atoms with Gasteiger partial charge in [-0.3, -0.25) is 9.36 Å². The quantitative estimate of drug-likeness (QED) is 0.796. The van der Waals surface area contributed by atoms with Crippen molar-refractivity contribution in [2.45, 2.75) is 51.2 Å². The van der Waals surface area contributed by atoms with Crippen LogP contribution in [0.2, 0.25) is 0 Å². The van der Waals surface area contributed by atoms with Crippen molar-refractivity contribution in [1.82, 2.24) is 24.6 Å². The Morgan fingerprint density at radius 2 is 2.08 bits per heavy atom. The highest BCUT2D eigenvalue weighted by atomic mass is 16.5. The summed E-state index contributed by atoms with van der Waals surface area (Å²) < 4.78 is 7.99. The third-order valence-corrected chi connectivity index (χ3v) is 5.18. The van der Waals surface area contributed by atoms with E-state index in [4.69, 9.17) is 4.74 Å². The molecule has 2 aromatic heterocycles. The SMILES string of the molecule is CCCC[C@@H]1CN(C(=O)c2ccnc(-n3cnnc3)c2)C[C@H](C2CC2)O1. The van der Waals surface area contributed by atoms with E-state index < -0.39 is 0 Å². The lowest BCUT2D eigenvalue weighted by Gasteiger charge is -2.38. The van der Waals surface area contributed by atoms with Crippen molar-refractivity contribution in [1.29, 1.82) is 0 Å². The van der Waals surface area contributed by atoms with E-state index >= 15 is 0 Å². The molecule has 7 heteroatoms. The molecule has 0 spiro atoms. The molecule has 4 rings (SSSR count). The molecule has 1 aliphatic heterocycles. The number of pyridine rings is 1.